The van der Waals surface area contributed by atoms with Crippen LogP contribution in [0.2, 0.25) is 0 Å². The zero-order valence-electron chi connectivity index (χ0n) is 8.83. The molecule has 0 saturated heterocycles. The molecule has 74 valence electrons. The van der Waals surface area contributed by atoms with Gasteiger partial charge in [-0.3, -0.25) is 0 Å². The molecule has 1 rings (SSSR count). The van der Waals surface area contributed by atoms with Crippen LogP contribution in [0.3, 0.4) is 0 Å². The van der Waals surface area contributed by atoms with E-state index in [4.69, 9.17) is 0 Å². The molecule has 0 unspecified atom stereocenters. The van der Waals surface area contributed by atoms with Gasteiger partial charge in [0.15, 0.2) is 0 Å². The predicted octanol–water partition coefficient (Wildman–Crippen LogP) is 1.58. The monoisotopic (exact) mass is 189 g/mol. The summed E-state index contributed by atoms with van der Waals surface area (Å²) < 4.78 is 0. The first-order chi connectivity index (χ1) is 6.74. The van der Waals surface area contributed by atoms with E-state index in [0.29, 0.717) is 6.54 Å². The number of nitrogens with zero attached hydrogens (tertiary/aromatic N) is 2. The van der Waals surface area contributed by atoms with E-state index >= 15 is 0 Å². The van der Waals surface area contributed by atoms with E-state index in [0.717, 1.165) is 11.5 Å². The maximum Gasteiger partial charge on any atom is 0.128 e. The van der Waals surface area contributed by atoms with Crippen molar-refractivity contribution in [2.75, 3.05) is 30.9 Å². The van der Waals surface area contributed by atoms with Gasteiger partial charge >= 0.3 is 0 Å². The Kier molecular flexibility index (Phi) is 3.81. The van der Waals surface area contributed by atoms with Crippen LogP contribution >= 0.6 is 0 Å². The van der Waals surface area contributed by atoms with Crippen LogP contribution in [0.15, 0.2) is 18.3 Å². The Bertz CT molecular complexity index is 330. The standard InChI is InChI=1S/C11H15N3/c1-4-5-8-12-10-6-7-11(13-9-10)14(2)3/h6-7,9,12H,8H2,1-3H3. The van der Waals surface area contributed by atoms with Crippen LogP contribution in [0, 0.1) is 11.8 Å². The number of pyridine rings is 1. The highest BCUT2D eigenvalue weighted by Crippen LogP contribution is 2.10. The molecule has 1 heterocycles. The lowest BCUT2D eigenvalue weighted by Crippen LogP contribution is -2.10. The summed E-state index contributed by atoms with van der Waals surface area (Å²) in [5.74, 6) is 6.72. The molecule has 3 heteroatoms. The summed E-state index contributed by atoms with van der Waals surface area (Å²) in [7, 11) is 3.94. The number of rotatable bonds is 3. The van der Waals surface area contributed by atoms with Gasteiger partial charge in [0.25, 0.3) is 0 Å². The van der Waals surface area contributed by atoms with E-state index in [2.05, 4.69) is 22.1 Å². The second-order valence-electron chi connectivity index (χ2n) is 3.08. The molecule has 0 radical (unpaired) electrons. The molecule has 0 fully saturated rings. The second kappa shape index (κ2) is 5.13. The van der Waals surface area contributed by atoms with Crippen molar-refractivity contribution in [2.45, 2.75) is 6.92 Å². The van der Waals surface area contributed by atoms with E-state index in [-0.39, 0.29) is 0 Å². The molecule has 0 aromatic carbocycles. The summed E-state index contributed by atoms with van der Waals surface area (Å²) in [6.07, 6.45) is 1.81. The molecule has 0 aliphatic heterocycles. The Morgan fingerprint density at radius 2 is 2.21 bits per heavy atom. The summed E-state index contributed by atoms with van der Waals surface area (Å²) in [5.41, 5.74) is 0.998. The number of nitrogens with one attached hydrogen (secondary N) is 1. The fourth-order valence-corrected chi connectivity index (χ4v) is 0.990. The Balaban J connectivity index is 2.58. The van der Waals surface area contributed by atoms with Crippen LogP contribution in [0.1, 0.15) is 6.92 Å². The van der Waals surface area contributed by atoms with E-state index in [9.17, 15) is 0 Å². The number of hydrogen-bond acceptors (Lipinski definition) is 3. The molecule has 0 aliphatic rings. The third kappa shape index (κ3) is 2.98. The average molecular weight is 189 g/mol. The quantitative estimate of drug-likeness (QED) is 0.732. The smallest absolute Gasteiger partial charge is 0.128 e. The highest BCUT2D eigenvalue weighted by molar-refractivity contribution is 5.48. The molecule has 1 aromatic rings. The largest absolute Gasteiger partial charge is 0.373 e. The molecule has 0 aliphatic carbocycles. The minimum absolute atomic E-state index is 0.666. The van der Waals surface area contributed by atoms with Crippen molar-refractivity contribution < 1.29 is 0 Å². The van der Waals surface area contributed by atoms with Crippen LogP contribution in [0.25, 0.3) is 0 Å². The summed E-state index contributed by atoms with van der Waals surface area (Å²) in [6.45, 7) is 2.49. The van der Waals surface area contributed by atoms with Crippen molar-refractivity contribution in [2.24, 2.45) is 0 Å². The number of hydrogen-bond donors (Lipinski definition) is 1. The topological polar surface area (TPSA) is 28.2 Å². The van der Waals surface area contributed by atoms with Crippen LogP contribution < -0.4 is 10.2 Å². The van der Waals surface area contributed by atoms with E-state index in [1.807, 2.05) is 44.2 Å². The third-order valence-electron chi connectivity index (χ3n) is 1.76. The summed E-state index contributed by atoms with van der Waals surface area (Å²) in [4.78, 5) is 6.24. The van der Waals surface area contributed by atoms with Gasteiger partial charge in [-0.15, -0.1) is 5.92 Å². The predicted molar refractivity (Wildman–Crippen MR) is 60.5 cm³/mol. The summed E-state index contributed by atoms with van der Waals surface area (Å²) in [6, 6.07) is 3.97. The van der Waals surface area contributed by atoms with E-state index < -0.39 is 0 Å². The third-order valence-corrected chi connectivity index (χ3v) is 1.76. The molecule has 0 atom stereocenters. The minimum atomic E-state index is 0.666. The van der Waals surface area contributed by atoms with Crippen LogP contribution in [-0.2, 0) is 0 Å². The second-order valence-corrected chi connectivity index (χ2v) is 3.08. The van der Waals surface area contributed by atoms with E-state index in [1.165, 1.54) is 0 Å². The maximum absolute atomic E-state index is 4.27. The molecular weight excluding hydrogens is 174 g/mol. The molecule has 3 nitrogen and oxygen atoms in total. The first-order valence-electron chi connectivity index (χ1n) is 4.51. The van der Waals surface area contributed by atoms with Gasteiger partial charge in [0.1, 0.15) is 5.82 Å². The molecule has 1 aromatic heterocycles. The molecule has 0 spiro atoms. The van der Waals surface area contributed by atoms with Crippen molar-refractivity contribution in [1.82, 2.24) is 4.98 Å². The van der Waals surface area contributed by atoms with Gasteiger partial charge in [-0.2, -0.15) is 0 Å². The highest BCUT2D eigenvalue weighted by Gasteiger charge is 1.95. The SMILES string of the molecule is CC#CCNc1ccc(N(C)C)nc1. The fourth-order valence-electron chi connectivity index (χ4n) is 0.990. The molecule has 0 bridgehead atoms. The van der Waals surface area contributed by atoms with Gasteiger partial charge in [0.2, 0.25) is 0 Å². The lowest BCUT2D eigenvalue weighted by molar-refractivity contribution is 1.07. The fraction of sp³-hybridized carbons (Fsp3) is 0.364. The highest BCUT2D eigenvalue weighted by atomic mass is 15.1. The Hall–Kier alpha value is -1.69. The van der Waals surface area contributed by atoms with Gasteiger partial charge in [0.05, 0.1) is 18.4 Å². The van der Waals surface area contributed by atoms with Gasteiger partial charge in [-0.1, -0.05) is 5.92 Å². The molecular formula is C11H15N3. The normalized spacial score (nSPS) is 8.79. The Labute approximate surface area is 85.1 Å². The zero-order chi connectivity index (χ0) is 10.4. The van der Waals surface area contributed by atoms with Crippen molar-refractivity contribution >= 4 is 11.5 Å². The van der Waals surface area contributed by atoms with Crippen molar-refractivity contribution in [1.29, 1.82) is 0 Å². The van der Waals surface area contributed by atoms with Gasteiger partial charge in [-0.05, 0) is 19.1 Å². The van der Waals surface area contributed by atoms with Gasteiger partial charge < -0.3 is 10.2 Å². The van der Waals surface area contributed by atoms with E-state index in [1.54, 1.807) is 0 Å². The lowest BCUT2D eigenvalue weighted by Gasteiger charge is -2.11. The maximum atomic E-state index is 4.27. The first kappa shape index (κ1) is 10.4. The molecule has 14 heavy (non-hydrogen) atoms. The number of aromatic nitrogens is 1. The van der Waals surface area contributed by atoms with Gasteiger partial charge in [0, 0.05) is 14.1 Å². The molecule has 0 saturated carbocycles. The molecule has 0 amide bonds. The van der Waals surface area contributed by atoms with Crippen molar-refractivity contribution in [3.05, 3.63) is 18.3 Å². The zero-order valence-corrected chi connectivity index (χ0v) is 8.83. The van der Waals surface area contributed by atoms with Gasteiger partial charge in [-0.25, -0.2) is 4.98 Å². The Morgan fingerprint density at radius 1 is 1.43 bits per heavy atom. The lowest BCUT2D eigenvalue weighted by atomic mass is 10.4. The van der Waals surface area contributed by atoms with Crippen molar-refractivity contribution in [3.63, 3.8) is 0 Å². The van der Waals surface area contributed by atoms with Crippen LogP contribution in [-0.4, -0.2) is 25.6 Å². The van der Waals surface area contributed by atoms with Crippen molar-refractivity contribution in [3.8, 4) is 11.8 Å². The molecule has 1 N–H and O–H groups in total. The Morgan fingerprint density at radius 3 is 2.71 bits per heavy atom. The average Bonchev–Trinajstić information content (AvgIpc) is 2.19. The van der Waals surface area contributed by atoms with Crippen LogP contribution in [0.4, 0.5) is 11.5 Å². The first-order valence-corrected chi connectivity index (χ1v) is 4.51. The minimum Gasteiger partial charge on any atom is -0.373 e. The number of anilines is 2. The summed E-state index contributed by atoms with van der Waals surface area (Å²) >= 11 is 0. The van der Waals surface area contributed by atoms with Crippen LogP contribution in [0.5, 0.6) is 0 Å². The summed E-state index contributed by atoms with van der Waals surface area (Å²) in [5, 5.41) is 3.16.